The Bertz CT molecular complexity index is 1650. The molecule has 4 aliphatic rings. The molecule has 1 aromatic heterocycles. The molecular formula is C31H32ClF4N7O3. The summed E-state index contributed by atoms with van der Waals surface area (Å²) in [7, 11) is 1.58. The van der Waals surface area contributed by atoms with E-state index in [-0.39, 0.29) is 67.5 Å². The minimum absolute atomic E-state index is 0.0358. The van der Waals surface area contributed by atoms with E-state index in [1.54, 1.807) is 11.9 Å². The van der Waals surface area contributed by atoms with E-state index in [1.165, 1.54) is 21.9 Å². The number of likely N-dealkylation sites (tertiary alicyclic amines) is 1. The van der Waals surface area contributed by atoms with Crippen molar-refractivity contribution in [1.82, 2.24) is 19.8 Å². The van der Waals surface area contributed by atoms with Crippen LogP contribution in [-0.2, 0) is 27.8 Å². The van der Waals surface area contributed by atoms with Gasteiger partial charge in [0.1, 0.15) is 18.1 Å². The minimum Gasteiger partial charge on any atom is -0.462 e. The van der Waals surface area contributed by atoms with Crippen molar-refractivity contribution in [2.24, 2.45) is 0 Å². The van der Waals surface area contributed by atoms with Gasteiger partial charge < -0.3 is 19.9 Å². The number of amides is 2. The van der Waals surface area contributed by atoms with Gasteiger partial charge in [-0.2, -0.15) is 15.2 Å². The van der Waals surface area contributed by atoms with Gasteiger partial charge in [0.2, 0.25) is 5.91 Å². The van der Waals surface area contributed by atoms with Crippen molar-refractivity contribution in [1.29, 1.82) is 5.26 Å². The highest BCUT2D eigenvalue weighted by Crippen LogP contribution is 2.48. The zero-order valence-corrected chi connectivity index (χ0v) is 25.8. The number of nitrogens with one attached hydrogen (secondary N) is 1. The predicted molar refractivity (Wildman–Crippen MR) is 160 cm³/mol. The van der Waals surface area contributed by atoms with Crippen molar-refractivity contribution >= 4 is 34.9 Å². The van der Waals surface area contributed by atoms with Crippen molar-refractivity contribution in [3.05, 3.63) is 52.2 Å². The summed E-state index contributed by atoms with van der Waals surface area (Å²) in [6.45, 7) is 2.83. The molecule has 0 saturated carbocycles. The monoisotopic (exact) mass is 661 g/mol. The highest BCUT2D eigenvalue weighted by atomic mass is 35.5. The maximum atomic E-state index is 14.7. The summed E-state index contributed by atoms with van der Waals surface area (Å²) >= 11 is 6.42. The number of hydrogen-bond acceptors (Lipinski definition) is 8. The first kappa shape index (κ1) is 32.0. The number of rotatable bonds is 6. The molecule has 6 rings (SSSR count). The fourth-order valence-electron chi connectivity index (χ4n) is 7.19. The van der Waals surface area contributed by atoms with Crippen LogP contribution < -0.4 is 15.0 Å². The van der Waals surface area contributed by atoms with Crippen LogP contribution in [-0.4, -0.2) is 89.4 Å². The van der Waals surface area contributed by atoms with E-state index in [2.05, 4.69) is 21.9 Å². The summed E-state index contributed by atoms with van der Waals surface area (Å²) in [4.78, 5) is 40.2. The summed E-state index contributed by atoms with van der Waals surface area (Å²) in [5.74, 6) is -5.62. The predicted octanol–water partition coefficient (Wildman–Crippen LogP) is 4.17. The zero-order valence-electron chi connectivity index (χ0n) is 25.1. The van der Waals surface area contributed by atoms with Crippen LogP contribution in [0.5, 0.6) is 6.01 Å². The van der Waals surface area contributed by atoms with Gasteiger partial charge >= 0.3 is 6.01 Å². The van der Waals surface area contributed by atoms with Crippen molar-refractivity contribution in [3.8, 4) is 12.1 Å². The fourth-order valence-corrected chi connectivity index (χ4v) is 7.49. The molecule has 1 spiro atoms. The van der Waals surface area contributed by atoms with Crippen LogP contribution in [0.25, 0.3) is 0 Å². The van der Waals surface area contributed by atoms with Gasteiger partial charge in [0, 0.05) is 43.5 Å². The Kier molecular flexibility index (Phi) is 8.35. The largest absolute Gasteiger partial charge is 0.462 e. The number of nitrogens with zero attached hydrogens (tertiary/aromatic N) is 6. The lowest BCUT2D eigenvalue weighted by Gasteiger charge is -2.44. The molecule has 10 nitrogen and oxygen atoms in total. The highest BCUT2D eigenvalue weighted by molar-refractivity contribution is 6.31. The average Bonchev–Trinajstić information content (AvgIpc) is 3.27. The molecule has 2 saturated heterocycles. The van der Waals surface area contributed by atoms with E-state index < -0.39 is 53.9 Å². The topological polar surface area (TPSA) is 115 Å². The summed E-state index contributed by atoms with van der Waals surface area (Å²) in [6.07, 6.45) is 1.17. The van der Waals surface area contributed by atoms with Crippen LogP contribution in [0.2, 0.25) is 5.02 Å². The van der Waals surface area contributed by atoms with E-state index in [9.17, 15) is 32.4 Å². The quantitative estimate of drug-likeness (QED) is 0.363. The van der Waals surface area contributed by atoms with E-state index in [0.717, 1.165) is 0 Å². The Morgan fingerprint density at radius 1 is 1.28 bits per heavy atom. The molecule has 2 fully saturated rings. The van der Waals surface area contributed by atoms with Gasteiger partial charge in [-0.3, -0.25) is 14.5 Å². The molecule has 15 heteroatoms. The number of ether oxygens (including phenoxy) is 1. The molecular weight excluding hydrogens is 630 g/mol. The van der Waals surface area contributed by atoms with Gasteiger partial charge in [0.15, 0.2) is 11.6 Å². The van der Waals surface area contributed by atoms with Gasteiger partial charge in [-0.1, -0.05) is 18.2 Å². The third-order valence-electron chi connectivity index (χ3n) is 9.44. The number of nitriles is 1. The van der Waals surface area contributed by atoms with Crippen molar-refractivity contribution in [3.63, 3.8) is 0 Å². The van der Waals surface area contributed by atoms with Gasteiger partial charge in [-0.25, -0.2) is 17.6 Å². The lowest BCUT2D eigenvalue weighted by molar-refractivity contribution is -0.131. The van der Waals surface area contributed by atoms with E-state index >= 15 is 0 Å². The Hall–Kier alpha value is -3.96. The third kappa shape index (κ3) is 5.75. The van der Waals surface area contributed by atoms with Crippen molar-refractivity contribution in [2.75, 3.05) is 50.1 Å². The van der Waals surface area contributed by atoms with Gasteiger partial charge in [-0.15, -0.1) is 0 Å². The maximum absolute atomic E-state index is 14.7. The molecule has 1 aromatic carbocycles. The van der Waals surface area contributed by atoms with Crippen LogP contribution in [0.15, 0.2) is 24.5 Å². The van der Waals surface area contributed by atoms with Gasteiger partial charge in [0.05, 0.1) is 36.2 Å². The number of carbonyl (C=O) groups excluding carboxylic acids is 2. The highest BCUT2D eigenvalue weighted by Gasteiger charge is 2.49. The number of piperazine rings is 1. The number of aromatic nitrogens is 2. The van der Waals surface area contributed by atoms with Gasteiger partial charge in [0.25, 0.3) is 11.8 Å². The van der Waals surface area contributed by atoms with Gasteiger partial charge in [-0.05, 0) is 49.6 Å². The number of anilines is 2. The number of likely N-dealkylation sites (N-methyl/N-ethyl adjacent to an activating group) is 1. The second-order valence-electron chi connectivity index (χ2n) is 12.4. The Morgan fingerprint density at radius 2 is 2.07 bits per heavy atom. The minimum atomic E-state index is -2.86. The summed E-state index contributed by atoms with van der Waals surface area (Å²) in [5, 5.41) is 12.7. The van der Waals surface area contributed by atoms with Crippen molar-refractivity contribution in [2.45, 2.75) is 61.9 Å². The number of benzene rings is 1. The number of fused-ring (bicyclic) bond motifs is 3. The molecule has 0 radical (unpaired) electrons. The second kappa shape index (κ2) is 12.0. The lowest BCUT2D eigenvalue weighted by atomic mass is 9.65. The maximum Gasteiger partial charge on any atom is 0.318 e. The molecule has 3 aliphatic heterocycles. The average molecular weight is 662 g/mol. The molecule has 244 valence electrons. The number of carbonyl (C=O) groups is 2. The smallest absolute Gasteiger partial charge is 0.318 e. The number of alkyl halides is 2. The van der Waals surface area contributed by atoms with Crippen molar-refractivity contribution < 1.29 is 31.9 Å². The first-order valence-electron chi connectivity index (χ1n) is 15.0. The Balaban J connectivity index is 1.39. The molecule has 0 bridgehead atoms. The van der Waals surface area contributed by atoms with Crippen LogP contribution in [0, 0.1) is 17.1 Å². The molecule has 3 atom stereocenters. The Morgan fingerprint density at radius 3 is 2.76 bits per heavy atom. The molecule has 4 heterocycles. The molecule has 2 amide bonds. The number of hydrogen-bond donors (Lipinski definition) is 1. The molecule has 46 heavy (non-hydrogen) atoms. The van der Waals surface area contributed by atoms with E-state index in [4.69, 9.17) is 16.3 Å². The summed E-state index contributed by atoms with van der Waals surface area (Å²) in [6, 6.07) is 3.17. The fraction of sp³-hybridized carbons (Fsp3) is 0.516. The molecule has 2 unspecified atom stereocenters. The number of halogens is 5. The summed E-state index contributed by atoms with van der Waals surface area (Å²) < 4.78 is 62.5. The lowest BCUT2D eigenvalue weighted by Crippen LogP contribution is -2.56. The third-order valence-corrected chi connectivity index (χ3v) is 9.78. The first-order valence-corrected chi connectivity index (χ1v) is 15.4. The normalized spacial score (nSPS) is 25.5. The SMILES string of the molecule is C=C(F)C(=O)N1CCN(c2nc(OC[C@@H]3CC(F)(F)CN3C)nc3c2NC(=O)C2(CCCc4c(Cl)cc(F)cc42)C3)CC1CC#N. The van der Waals surface area contributed by atoms with Crippen LogP contribution in [0.1, 0.15) is 42.5 Å². The van der Waals surface area contributed by atoms with Crippen LogP contribution in [0.3, 0.4) is 0 Å². The first-order chi connectivity index (χ1) is 21.8. The van der Waals surface area contributed by atoms with E-state index in [0.29, 0.717) is 36.1 Å². The standard InChI is InChI=1S/C31H32ClF4N7O3/c1-17(33)27(44)43-9-8-42(14-19(43)5-7-37)26-25-24(38-29(40-26)46-15-20-12-31(35,36)16-41(20)2)13-30(28(45)39-25)6-3-4-21-22(30)10-18(34)11-23(21)32/h10-11,19-20H,1,3-6,8-9,12-16H2,2H3,(H,39,45)/t19?,20-,30?/m0/s1. The molecule has 1 aliphatic carbocycles. The Labute approximate surface area is 268 Å². The zero-order chi connectivity index (χ0) is 33.0. The van der Waals surface area contributed by atoms with Crippen LogP contribution in [0.4, 0.5) is 29.1 Å². The summed E-state index contributed by atoms with van der Waals surface area (Å²) in [5.41, 5.74) is 0.673. The molecule has 2 aromatic rings. The second-order valence-corrected chi connectivity index (χ2v) is 12.8. The van der Waals surface area contributed by atoms with Crippen LogP contribution >= 0.6 is 11.6 Å². The van der Waals surface area contributed by atoms with E-state index in [1.807, 2.05) is 6.07 Å². The molecule has 1 N–H and O–H groups in total.